The molecule has 1 saturated heterocycles. The number of anilines is 1. The third kappa shape index (κ3) is 3.71. The molecule has 9 heteroatoms. The molecule has 1 N–H and O–H groups in total. The molecular weight excluding hydrogens is 471 g/mol. The Labute approximate surface area is 206 Å². The molecule has 2 heterocycles. The standard InChI is InChI=1S/C27H24F3N3O3/c1-17-6-3-4-9-21(17)24(34)33-13-12-31-26(33)22-15-20(36-2)10-11-23(22)32(25(26)35)16-18-7-5-8-19(14-18)27(28,29)30/h3-11,14-15,31H,12-13,16H2,1-2H3. The summed E-state index contributed by atoms with van der Waals surface area (Å²) in [5, 5.41) is 3.24. The Kier molecular flexibility index (Phi) is 5.75. The second-order valence-corrected chi connectivity index (χ2v) is 8.88. The van der Waals surface area contributed by atoms with Gasteiger partial charge in [0, 0.05) is 24.2 Å². The van der Waals surface area contributed by atoms with Crippen molar-refractivity contribution in [3.63, 3.8) is 0 Å². The van der Waals surface area contributed by atoms with Gasteiger partial charge in [-0.2, -0.15) is 13.2 Å². The molecule has 2 aliphatic rings. The van der Waals surface area contributed by atoms with Crippen LogP contribution in [-0.2, 0) is 23.2 Å². The number of methoxy groups -OCH3 is 1. The number of halogens is 3. The zero-order valence-electron chi connectivity index (χ0n) is 19.7. The fraction of sp³-hybridized carbons (Fsp3) is 0.259. The van der Waals surface area contributed by atoms with Gasteiger partial charge in [0.15, 0.2) is 0 Å². The maximum atomic E-state index is 14.1. The summed E-state index contributed by atoms with van der Waals surface area (Å²) >= 11 is 0. The molecular formula is C27H24F3N3O3. The molecule has 0 saturated carbocycles. The highest BCUT2D eigenvalue weighted by Gasteiger charge is 2.59. The highest BCUT2D eigenvalue weighted by molar-refractivity contribution is 6.11. The van der Waals surface area contributed by atoms with E-state index in [1.165, 1.54) is 23.0 Å². The van der Waals surface area contributed by atoms with E-state index in [1.807, 2.05) is 19.1 Å². The Morgan fingerprint density at radius 1 is 1.08 bits per heavy atom. The summed E-state index contributed by atoms with van der Waals surface area (Å²) in [5.41, 5.74) is 0.341. The molecule has 0 aliphatic carbocycles. The quantitative estimate of drug-likeness (QED) is 0.581. The first-order chi connectivity index (χ1) is 17.2. The number of carbonyl (C=O) groups excluding carboxylic acids is 2. The van der Waals surface area contributed by atoms with Crippen LogP contribution in [0.5, 0.6) is 5.75 Å². The van der Waals surface area contributed by atoms with Gasteiger partial charge in [-0.1, -0.05) is 30.3 Å². The van der Waals surface area contributed by atoms with Gasteiger partial charge < -0.3 is 14.5 Å². The maximum Gasteiger partial charge on any atom is 0.416 e. The fourth-order valence-electron chi connectivity index (χ4n) is 5.03. The molecule has 3 aromatic carbocycles. The lowest BCUT2D eigenvalue weighted by Gasteiger charge is -2.34. The van der Waals surface area contributed by atoms with Gasteiger partial charge in [-0.15, -0.1) is 0 Å². The lowest BCUT2D eigenvalue weighted by molar-refractivity contribution is -0.137. The van der Waals surface area contributed by atoms with Crippen LogP contribution in [0.25, 0.3) is 0 Å². The van der Waals surface area contributed by atoms with Gasteiger partial charge in [-0.25, -0.2) is 0 Å². The predicted molar refractivity (Wildman–Crippen MR) is 128 cm³/mol. The number of alkyl halides is 3. The average Bonchev–Trinajstić information content (AvgIpc) is 3.40. The smallest absolute Gasteiger partial charge is 0.416 e. The lowest BCUT2D eigenvalue weighted by Crippen LogP contribution is -2.57. The average molecular weight is 496 g/mol. The number of hydrogen-bond acceptors (Lipinski definition) is 4. The van der Waals surface area contributed by atoms with Crippen LogP contribution in [0.4, 0.5) is 18.9 Å². The van der Waals surface area contributed by atoms with Crippen LogP contribution in [0.2, 0.25) is 0 Å². The molecule has 1 spiro atoms. The first-order valence-electron chi connectivity index (χ1n) is 11.5. The molecule has 1 atom stereocenters. The van der Waals surface area contributed by atoms with Crippen molar-refractivity contribution in [1.82, 2.24) is 10.2 Å². The minimum atomic E-state index is -4.50. The highest BCUT2D eigenvalue weighted by Crippen LogP contribution is 2.47. The van der Waals surface area contributed by atoms with Crippen LogP contribution in [0, 0.1) is 6.92 Å². The Morgan fingerprint density at radius 3 is 2.58 bits per heavy atom. The number of carbonyl (C=O) groups is 2. The molecule has 0 aromatic heterocycles. The Hall–Kier alpha value is -3.85. The molecule has 3 aromatic rings. The number of fused-ring (bicyclic) bond motifs is 2. The van der Waals surface area contributed by atoms with E-state index in [0.29, 0.717) is 34.7 Å². The van der Waals surface area contributed by atoms with Gasteiger partial charge in [-0.05, 0) is 54.4 Å². The van der Waals surface area contributed by atoms with Crippen LogP contribution in [0.3, 0.4) is 0 Å². The molecule has 1 fully saturated rings. The minimum Gasteiger partial charge on any atom is -0.497 e. The van der Waals surface area contributed by atoms with Gasteiger partial charge in [0.25, 0.3) is 11.8 Å². The van der Waals surface area contributed by atoms with Crippen molar-refractivity contribution in [2.75, 3.05) is 25.1 Å². The monoisotopic (exact) mass is 495 g/mol. The number of nitrogens with one attached hydrogen (secondary N) is 1. The minimum absolute atomic E-state index is 0.0854. The molecule has 6 nitrogen and oxygen atoms in total. The molecule has 0 radical (unpaired) electrons. The summed E-state index contributed by atoms with van der Waals surface area (Å²) in [6.45, 7) is 2.40. The zero-order chi connectivity index (χ0) is 25.7. The first kappa shape index (κ1) is 23.9. The number of ether oxygens (including phenoxy) is 1. The SMILES string of the molecule is COc1ccc2c(c1)C1(NCCN1C(=O)c1ccccc1C)C(=O)N2Cc1cccc(C(F)(F)F)c1. The molecule has 5 rings (SSSR count). The van der Waals surface area contributed by atoms with Crippen LogP contribution in [-0.4, -0.2) is 36.9 Å². The second-order valence-electron chi connectivity index (χ2n) is 8.88. The summed E-state index contributed by atoms with van der Waals surface area (Å²) in [6.07, 6.45) is -4.50. The summed E-state index contributed by atoms with van der Waals surface area (Å²) < 4.78 is 45.3. The molecule has 0 bridgehead atoms. The number of aryl methyl sites for hydroxylation is 1. The van der Waals surface area contributed by atoms with E-state index < -0.39 is 23.3 Å². The van der Waals surface area contributed by atoms with Crippen molar-refractivity contribution in [1.29, 1.82) is 0 Å². The lowest BCUT2D eigenvalue weighted by atomic mass is 9.98. The van der Waals surface area contributed by atoms with Crippen molar-refractivity contribution >= 4 is 17.5 Å². The summed E-state index contributed by atoms with van der Waals surface area (Å²) in [6, 6.07) is 17.2. The topological polar surface area (TPSA) is 61.9 Å². The van der Waals surface area contributed by atoms with Gasteiger partial charge >= 0.3 is 6.18 Å². The third-order valence-electron chi connectivity index (χ3n) is 6.78. The zero-order valence-corrected chi connectivity index (χ0v) is 19.7. The van der Waals surface area contributed by atoms with Crippen molar-refractivity contribution in [2.24, 2.45) is 0 Å². The number of nitrogens with zero attached hydrogens (tertiary/aromatic N) is 2. The van der Waals surface area contributed by atoms with Crippen LogP contribution < -0.4 is 15.0 Å². The highest BCUT2D eigenvalue weighted by atomic mass is 19.4. The fourth-order valence-corrected chi connectivity index (χ4v) is 5.03. The largest absolute Gasteiger partial charge is 0.497 e. The second kappa shape index (κ2) is 8.67. The first-order valence-corrected chi connectivity index (χ1v) is 11.5. The van der Waals surface area contributed by atoms with Crippen LogP contribution >= 0.6 is 0 Å². The van der Waals surface area contributed by atoms with Gasteiger partial charge in [0.2, 0.25) is 5.66 Å². The number of rotatable bonds is 4. The van der Waals surface area contributed by atoms with Gasteiger partial charge in [0.05, 0.1) is 24.9 Å². The van der Waals surface area contributed by atoms with Crippen molar-refractivity contribution in [2.45, 2.75) is 25.3 Å². The van der Waals surface area contributed by atoms with E-state index in [1.54, 1.807) is 36.4 Å². The Balaban J connectivity index is 1.60. The van der Waals surface area contributed by atoms with E-state index in [2.05, 4.69) is 5.32 Å². The number of hydrogen-bond donors (Lipinski definition) is 1. The predicted octanol–water partition coefficient (Wildman–Crippen LogP) is 4.47. The van der Waals surface area contributed by atoms with E-state index in [0.717, 1.165) is 17.7 Å². The van der Waals surface area contributed by atoms with Gasteiger partial charge in [-0.3, -0.25) is 14.9 Å². The van der Waals surface area contributed by atoms with E-state index in [-0.39, 0.29) is 19.0 Å². The van der Waals surface area contributed by atoms with E-state index in [4.69, 9.17) is 4.74 Å². The Bertz CT molecular complexity index is 1360. The molecule has 2 aliphatic heterocycles. The summed E-state index contributed by atoms with van der Waals surface area (Å²) in [4.78, 5) is 30.8. The maximum absolute atomic E-state index is 14.1. The van der Waals surface area contributed by atoms with Crippen molar-refractivity contribution in [3.05, 3.63) is 94.5 Å². The van der Waals surface area contributed by atoms with Crippen molar-refractivity contribution in [3.8, 4) is 5.75 Å². The number of amides is 2. The molecule has 36 heavy (non-hydrogen) atoms. The molecule has 2 amide bonds. The third-order valence-corrected chi connectivity index (χ3v) is 6.78. The Morgan fingerprint density at radius 2 is 1.86 bits per heavy atom. The number of benzene rings is 3. The summed E-state index contributed by atoms with van der Waals surface area (Å²) in [5.74, 6) is -0.234. The van der Waals surface area contributed by atoms with E-state index >= 15 is 0 Å². The van der Waals surface area contributed by atoms with Crippen LogP contribution in [0.1, 0.15) is 32.6 Å². The molecule has 186 valence electrons. The summed E-state index contributed by atoms with van der Waals surface area (Å²) in [7, 11) is 1.50. The van der Waals surface area contributed by atoms with Crippen LogP contribution in [0.15, 0.2) is 66.7 Å². The van der Waals surface area contributed by atoms with Crippen molar-refractivity contribution < 1.29 is 27.5 Å². The van der Waals surface area contributed by atoms with E-state index in [9.17, 15) is 22.8 Å². The normalized spacial score (nSPS) is 19.2. The van der Waals surface area contributed by atoms with Gasteiger partial charge in [0.1, 0.15) is 5.75 Å². The molecule has 1 unspecified atom stereocenters.